The van der Waals surface area contributed by atoms with Gasteiger partial charge < -0.3 is 89.3 Å². The Bertz CT molecular complexity index is 6960. The molecular formula is C95H98Cl7K2N23O18. The average molecular weight is 2180 g/mol. The molecule has 14 aromatic rings. The Morgan fingerprint density at radius 3 is 1.41 bits per heavy atom. The molecule has 0 unspecified atom stereocenters. The molecule has 0 saturated carbocycles. The molecule has 0 saturated heterocycles. The molecule has 0 spiro atoms. The van der Waals surface area contributed by atoms with Crippen LogP contribution in [-0.2, 0) is 32.7 Å². The van der Waals surface area contributed by atoms with E-state index in [1.807, 2.05) is 63.4 Å². The van der Waals surface area contributed by atoms with Crippen molar-refractivity contribution in [2.45, 2.75) is 41.0 Å². The van der Waals surface area contributed by atoms with Gasteiger partial charge in [-0.3, -0.25) is 53.6 Å². The zero-order chi connectivity index (χ0) is 105. The van der Waals surface area contributed by atoms with Crippen LogP contribution in [0, 0.1) is 34.1 Å². The molecule has 1 aliphatic heterocycles. The molecule has 0 bridgehead atoms. The molecule has 0 radical (unpaired) electrons. The Balaban J connectivity index is 0.000000576. The molecular weight excluding hydrogens is 2080 g/mol. The van der Waals surface area contributed by atoms with Crippen LogP contribution in [0.15, 0.2) is 239 Å². The van der Waals surface area contributed by atoms with Crippen molar-refractivity contribution in [3.8, 4) is 5.75 Å². The van der Waals surface area contributed by atoms with E-state index in [0.717, 1.165) is 27.9 Å². The van der Waals surface area contributed by atoms with Crippen LogP contribution in [0.3, 0.4) is 0 Å². The van der Waals surface area contributed by atoms with E-state index in [2.05, 4.69) is 91.5 Å². The number of fused-ring (bicyclic) bond motifs is 2. The number of nitrogens with one attached hydrogen (secondary N) is 6. The number of anilines is 13. The Morgan fingerprint density at radius 1 is 0.538 bits per heavy atom. The number of halogens is 7. The Kier molecular flexibility index (Phi) is 55.8. The van der Waals surface area contributed by atoms with Gasteiger partial charge in [0, 0.05) is 110 Å². The van der Waals surface area contributed by atoms with Crippen molar-refractivity contribution in [1.29, 1.82) is 0 Å². The van der Waals surface area contributed by atoms with Crippen molar-refractivity contribution in [3.05, 3.63) is 346 Å². The maximum atomic E-state index is 12.2. The second kappa shape index (κ2) is 64.1. The van der Waals surface area contributed by atoms with Gasteiger partial charge in [0.05, 0.1) is 115 Å². The number of ether oxygens (including phenoxy) is 2. The van der Waals surface area contributed by atoms with E-state index in [9.17, 15) is 58.6 Å². The fourth-order valence-corrected chi connectivity index (χ4v) is 13.3. The van der Waals surface area contributed by atoms with E-state index in [4.69, 9.17) is 107 Å². The third-order valence-electron chi connectivity index (χ3n) is 19.2. The number of nitrogens with two attached hydrogens (primary N) is 3. The number of amides is 3. The van der Waals surface area contributed by atoms with Crippen LogP contribution in [-0.4, -0.2) is 160 Å². The van der Waals surface area contributed by atoms with Crippen molar-refractivity contribution < 1.29 is 172 Å². The average Bonchev–Trinajstić information content (AvgIpc) is 0.811. The standard InChI is InChI=1S/C20H19ClN6O3.C20H21ClN6O2.C13H12Cl2N4O.C10H13NO.C9H7NO3.C9H6O3.C7H8N2O2.C4HCl3N2.CH5N.CH2O3.CH4.2K.H/c1-12-8-9-13(27(29)30)10-16(12)24-20-23-11-15(21)18(25-20)26(3)17-7-5-4-6-14(17)19(28)22-2;1-23-19(28)13-6-4-5-7-16(13)27(2)18-14(21)11-24-20(26-18)25-15-10-12(22)8-9-17(15)29-3;1-16-12(20)8-5-3-4-6-10(8)19(2)11-9(14)7-17-13(15)18-11;1-3-10(12)8-6-4-5-7-9(8)11-2;1-10-7-5-3-2-4-6(7)8(11)13-9(10)12;10-8-5-6-3-1-2-4-7(6)9(11)12-8;1-5-2-3-6(9(10)11)4-7(5)8;5-2-1-8-4(7)9-3(2)6;1-2;2-1-4-3;;;;/h4-11H,1-3H3,(H,22,28)(H,23,24,25);4-11H,22H2,1-3H3,(H,23,28)(H,24,25,26);3-7H,1-2H3,(H,16,20);4-7,11H,3H2,1-2H3;2-5H,1H3;1-4H,5H2;2-4H,8H2,1H3;1H;2H2,1H3;1,3H;1H4;;;/q;;;;;;;;;;;2*+1;-1/p-1. The second-order valence-corrected chi connectivity index (χ2v) is 30.8. The third kappa shape index (κ3) is 37.6. The number of aryl methyl sites for hydroxylation is 3. The molecule has 1 aliphatic rings. The molecule has 5 aromatic heterocycles. The Morgan fingerprint density at radius 2 is 0.959 bits per heavy atom. The van der Waals surface area contributed by atoms with Crippen LogP contribution in [0.2, 0.25) is 35.8 Å². The van der Waals surface area contributed by atoms with Gasteiger partial charge in [-0.05, 0) is 146 Å². The quantitative estimate of drug-likeness (QED) is 0.00292. The summed E-state index contributed by atoms with van der Waals surface area (Å²) in [4.78, 5) is 161. The van der Waals surface area contributed by atoms with Crippen LogP contribution >= 0.6 is 81.2 Å². The van der Waals surface area contributed by atoms with Crippen molar-refractivity contribution in [2.75, 3.05) is 106 Å². The number of benzene rings is 9. The molecule has 6 heterocycles. The summed E-state index contributed by atoms with van der Waals surface area (Å²) in [6.07, 6.45) is 6.44. The monoisotopic (exact) mass is 2170 g/mol. The molecule has 41 nitrogen and oxygen atoms in total. The van der Waals surface area contributed by atoms with Gasteiger partial charge in [-0.15, -0.1) is 0 Å². The SMILES string of the molecule is C.CCC(=O)c1ccccc1NC.CN.CNC(=O)c1ccccc1N(C)c1nc(Cl)ncc1Cl.CNC(=O)c1ccccc1N(C)c1nc(Nc2cc(N)ccc2OC)ncc1Cl.CNC(=O)c1ccccc1N(C)c1nc(Nc2cc([N+](=O)[O-])ccc2C)ncc1Cl.Cc1ccc([N+](=O)[O-])cc1N.Clc1ncc(Cl)c(Cl)n1.Cn1c(=O)oc(=O)c2ccccc21.O=C1Cc2ccccc2C(=O)O1.O=CO[O-].[H-].[K+].[K+]. The van der Waals surface area contributed by atoms with Crippen LogP contribution in [0.1, 0.15) is 90.7 Å². The first-order valence-corrected chi connectivity index (χ1v) is 43.9. The number of hydrogen-bond donors (Lipinski definition) is 9. The van der Waals surface area contributed by atoms with Gasteiger partial charge in [-0.1, -0.05) is 163 Å². The number of rotatable bonds is 20. The molecule has 15 rings (SSSR count). The first-order valence-electron chi connectivity index (χ1n) is 41.2. The number of nitro groups is 2. The summed E-state index contributed by atoms with van der Waals surface area (Å²) < 4.78 is 15.6. The van der Waals surface area contributed by atoms with Crippen molar-refractivity contribution in [2.24, 2.45) is 12.8 Å². The fourth-order valence-electron chi connectivity index (χ4n) is 12.1. The fraction of sp³-hybridized carbons (Fsp3) is 0.168. The smallest absolute Gasteiger partial charge is 1.00 e. The largest absolute Gasteiger partial charge is 1.00 e. The molecule has 12 N–H and O–H groups in total. The maximum Gasteiger partial charge on any atom is 1.00 e. The number of carbonyl (C=O) groups is 7. The van der Waals surface area contributed by atoms with Gasteiger partial charge in [-0.2, -0.15) is 15.0 Å². The zero-order valence-corrected chi connectivity index (χ0v) is 91.4. The van der Waals surface area contributed by atoms with E-state index in [1.54, 1.807) is 212 Å². The maximum absolute atomic E-state index is 12.2. The van der Waals surface area contributed by atoms with Gasteiger partial charge in [0.25, 0.3) is 35.6 Å². The number of cyclic esters (lactones) is 2. The van der Waals surface area contributed by atoms with Crippen molar-refractivity contribution in [1.82, 2.24) is 60.4 Å². The number of esters is 2. The Hall–Kier alpha value is -12.8. The third-order valence-corrected chi connectivity index (χ3v) is 21.0. The normalized spacial score (nSPS) is 10.1. The van der Waals surface area contributed by atoms with Gasteiger partial charge in [-0.25, -0.2) is 39.3 Å². The number of carbonyl (C=O) groups excluding carboxylic acids is 7. The topological polar surface area (TPSA) is 572 Å². The number of aromatic nitrogens is 9. The van der Waals surface area contributed by atoms with E-state index in [0.29, 0.717) is 124 Å². The second-order valence-electron chi connectivity index (χ2n) is 28.1. The molecule has 0 fully saturated rings. The van der Waals surface area contributed by atoms with Crippen molar-refractivity contribution >= 4 is 220 Å². The molecule has 3 amide bonds. The number of non-ortho nitro benzene ring substituents is 2. The summed E-state index contributed by atoms with van der Waals surface area (Å²) in [7, 11) is 16.4. The predicted molar refractivity (Wildman–Crippen MR) is 555 cm³/mol. The molecule has 9 aromatic carbocycles. The number of nitro benzene ring substituents is 2. The minimum absolute atomic E-state index is 0. The van der Waals surface area contributed by atoms with E-state index < -0.39 is 33.2 Å². The molecule has 0 atom stereocenters. The molecule has 752 valence electrons. The van der Waals surface area contributed by atoms with Gasteiger partial charge in [0.15, 0.2) is 28.4 Å². The summed E-state index contributed by atoms with van der Waals surface area (Å²) in [6, 6.07) is 56.8. The van der Waals surface area contributed by atoms with E-state index >= 15 is 0 Å². The Labute approximate surface area is 953 Å². The number of methoxy groups -OCH3 is 1. The van der Waals surface area contributed by atoms with Gasteiger partial charge in [0.1, 0.15) is 20.8 Å². The van der Waals surface area contributed by atoms with Gasteiger partial charge >= 0.3 is 126 Å². The molecule has 50 heteroatoms. The van der Waals surface area contributed by atoms with Crippen LogP contribution in [0.25, 0.3) is 10.9 Å². The number of hydrogen-bond acceptors (Lipinski definition) is 35. The first kappa shape index (κ1) is 126. The molecule has 145 heavy (non-hydrogen) atoms. The number of Topliss-reactive ketones (excluding diaryl/α,β-unsaturated/α-hetero) is 1. The van der Waals surface area contributed by atoms with Gasteiger partial charge in [0.2, 0.25) is 22.5 Å². The summed E-state index contributed by atoms with van der Waals surface area (Å²) in [6.45, 7) is 5.31. The molecule has 0 aliphatic carbocycles. The van der Waals surface area contributed by atoms with Crippen molar-refractivity contribution in [3.63, 3.8) is 0 Å². The number of nitrogens with zero attached hydrogens (tertiary/aromatic N) is 14. The minimum atomic E-state index is -0.635. The van der Waals surface area contributed by atoms with E-state index in [1.165, 1.54) is 60.7 Å². The summed E-state index contributed by atoms with van der Waals surface area (Å²) >= 11 is 40.8. The van der Waals surface area contributed by atoms with E-state index in [-0.39, 0.29) is 186 Å². The first-order chi connectivity index (χ1) is 67.8. The summed E-state index contributed by atoms with van der Waals surface area (Å²) in [5.74, 6) is 0.235. The van der Waals surface area contributed by atoms with Crippen LogP contribution in [0.5, 0.6) is 5.75 Å². The zero-order valence-electron chi connectivity index (χ0n) is 80.8. The number of para-hydroxylation sites is 5. The number of nitrogen functional groups attached to an aromatic ring is 2. The number of ketones is 1. The summed E-state index contributed by atoms with van der Waals surface area (Å²) in [5.41, 5.74) is 25.9. The predicted octanol–water partition coefficient (Wildman–Crippen LogP) is 11.1. The van der Waals surface area contributed by atoms with Crippen LogP contribution in [0.4, 0.5) is 86.2 Å². The summed E-state index contributed by atoms with van der Waals surface area (Å²) in [5, 5.41) is 48.7. The minimum Gasteiger partial charge on any atom is -1.00 e. The van der Waals surface area contributed by atoms with Crippen LogP contribution < -0.4 is 188 Å².